The fourth-order valence-corrected chi connectivity index (χ4v) is 5.10. The summed E-state index contributed by atoms with van der Waals surface area (Å²) in [5, 5.41) is 7.28. The molecule has 2 aliphatic heterocycles. The maximum absolute atomic E-state index is 13.5. The van der Waals surface area contributed by atoms with Crippen molar-refractivity contribution >= 4 is 17.7 Å². The number of piperidine rings is 1. The van der Waals surface area contributed by atoms with Gasteiger partial charge in [0.05, 0.1) is 23.3 Å². The summed E-state index contributed by atoms with van der Waals surface area (Å²) < 4.78 is 1.61. The number of likely N-dealkylation sites (tertiary alicyclic amines) is 2. The van der Waals surface area contributed by atoms with Crippen molar-refractivity contribution in [2.24, 2.45) is 13.0 Å². The monoisotopic (exact) mass is 409 g/mol. The lowest BCUT2D eigenvalue weighted by Gasteiger charge is -2.45. The van der Waals surface area contributed by atoms with Gasteiger partial charge in [0.1, 0.15) is 0 Å². The molecule has 4 rings (SSSR count). The second kappa shape index (κ2) is 7.59. The zero-order chi connectivity index (χ0) is 21.5. The highest BCUT2D eigenvalue weighted by Gasteiger charge is 2.57. The van der Waals surface area contributed by atoms with Crippen LogP contribution in [-0.4, -0.2) is 62.5 Å². The van der Waals surface area contributed by atoms with E-state index in [4.69, 9.17) is 0 Å². The van der Waals surface area contributed by atoms with E-state index in [0.29, 0.717) is 31.6 Å². The summed E-state index contributed by atoms with van der Waals surface area (Å²) in [4.78, 5) is 41.4. The molecule has 3 atom stereocenters. The van der Waals surface area contributed by atoms with Gasteiger partial charge in [0, 0.05) is 52.6 Å². The van der Waals surface area contributed by atoms with Gasteiger partial charge in [-0.1, -0.05) is 30.3 Å². The molecule has 2 aromatic rings. The van der Waals surface area contributed by atoms with Gasteiger partial charge < -0.3 is 15.1 Å². The van der Waals surface area contributed by atoms with Crippen molar-refractivity contribution in [2.45, 2.75) is 31.8 Å². The van der Waals surface area contributed by atoms with Crippen LogP contribution in [0.3, 0.4) is 0 Å². The molecule has 8 nitrogen and oxygen atoms in total. The molecule has 0 radical (unpaired) electrons. The summed E-state index contributed by atoms with van der Waals surface area (Å²) in [6.07, 6.45) is 3.98. The van der Waals surface area contributed by atoms with Crippen molar-refractivity contribution in [2.75, 3.05) is 19.6 Å². The molecule has 1 N–H and O–H groups in total. The first-order valence-electron chi connectivity index (χ1n) is 10.2. The molecule has 0 unspecified atom stereocenters. The lowest BCUT2D eigenvalue weighted by atomic mass is 9.75. The zero-order valence-electron chi connectivity index (χ0n) is 17.5. The molecule has 1 aromatic heterocycles. The van der Waals surface area contributed by atoms with Crippen LogP contribution in [0, 0.1) is 5.92 Å². The Morgan fingerprint density at radius 1 is 1.13 bits per heavy atom. The highest BCUT2D eigenvalue weighted by Crippen LogP contribution is 2.48. The number of amides is 3. The van der Waals surface area contributed by atoms with E-state index in [1.807, 2.05) is 35.2 Å². The number of benzene rings is 1. The number of carbonyl (C=O) groups is 3. The summed E-state index contributed by atoms with van der Waals surface area (Å²) in [5.41, 5.74) is 0.857. The van der Waals surface area contributed by atoms with Crippen molar-refractivity contribution in [3.63, 3.8) is 0 Å². The van der Waals surface area contributed by atoms with E-state index in [1.165, 1.54) is 6.92 Å². The lowest BCUT2D eigenvalue weighted by molar-refractivity contribution is -0.134. The van der Waals surface area contributed by atoms with E-state index in [1.54, 1.807) is 35.9 Å². The van der Waals surface area contributed by atoms with Crippen LogP contribution in [0.25, 0.3) is 0 Å². The van der Waals surface area contributed by atoms with Crippen molar-refractivity contribution in [1.82, 2.24) is 24.9 Å². The van der Waals surface area contributed by atoms with E-state index < -0.39 is 5.54 Å². The average molecular weight is 409 g/mol. The number of nitrogens with zero attached hydrogens (tertiary/aromatic N) is 4. The number of hydrogen-bond acceptors (Lipinski definition) is 4. The van der Waals surface area contributed by atoms with E-state index in [2.05, 4.69) is 10.4 Å². The minimum absolute atomic E-state index is 0.0000198. The minimum Gasteiger partial charge on any atom is -0.347 e. The smallest absolute Gasteiger partial charge is 0.257 e. The molecule has 0 bridgehead atoms. The summed E-state index contributed by atoms with van der Waals surface area (Å²) in [6, 6.07) is 9.73. The molecule has 0 aliphatic carbocycles. The molecule has 30 heavy (non-hydrogen) atoms. The topological polar surface area (TPSA) is 87.5 Å². The summed E-state index contributed by atoms with van der Waals surface area (Å²) in [6.45, 7) is 4.38. The summed E-state index contributed by atoms with van der Waals surface area (Å²) in [5.74, 6) is -0.301. The van der Waals surface area contributed by atoms with Gasteiger partial charge in [-0.2, -0.15) is 5.10 Å². The maximum atomic E-state index is 13.5. The fourth-order valence-electron chi connectivity index (χ4n) is 5.10. The largest absolute Gasteiger partial charge is 0.347 e. The van der Waals surface area contributed by atoms with E-state index in [0.717, 1.165) is 5.56 Å². The normalized spacial score (nSPS) is 25.7. The summed E-state index contributed by atoms with van der Waals surface area (Å²) in [7, 11) is 1.78. The maximum Gasteiger partial charge on any atom is 0.257 e. The number of rotatable bonds is 3. The Morgan fingerprint density at radius 2 is 1.87 bits per heavy atom. The minimum atomic E-state index is -0.686. The van der Waals surface area contributed by atoms with Crippen molar-refractivity contribution in [3.05, 3.63) is 53.9 Å². The van der Waals surface area contributed by atoms with Crippen LogP contribution >= 0.6 is 0 Å². The van der Waals surface area contributed by atoms with Crippen LogP contribution in [0.15, 0.2) is 42.7 Å². The molecule has 0 spiro atoms. The second-order valence-corrected chi connectivity index (χ2v) is 8.36. The Labute approximate surface area is 175 Å². The third-order valence-electron chi connectivity index (χ3n) is 6.29. The molecule has 3 amide bonds. The SMILES string of the molecule is CC(=O)N[C@@]12CN(C(C)=O)CC[C@@H]1[C@@H](c1ccccc1)N(C(=O)c1cnn(C)c1)C2. The molecule has 2 aliphatic rings. The van der Waals surface area contributed by atoms with E-state index >= 15 is 0 Å². The first kappa shape index (κ1) is 20.1. The van der Waals surface area contributed by atoms with Crippen molar-refractivity contribution in [3.8, 4) is 0 Å². The first-order valence-corrected chi connectivity index (χ1v) is 10.2. The standard InChI is InChI=1S/C22H27N5O3/c1-15(28)24-22-13-26(16(2)29)10-9-19(22)20(17-7-5-4-6-8-17)27(14-22)21(30)18-11-23-25(3)12-18/h4-8,11-12,19-20H,9-10,13-14H2,1-3H3,(H,24,28)/t19-,20-,22-/m1/s1. The molecule has 0 saturated carbocycles. The summed E-state index contributed by atoms with van der Waals surface area (Å²) >= 11 is 0. The van der Waals surface area contributed by atoms with Crippen LogP contribution in [0.4, 0.5) is 0 Å². The number of carbonyl (C=O) groups excluding carboxylic acids is 3. The zero-order valence-corrected chi connectivity index (χ0v) is 17.5. The van der Waals surface area contributed by atoms with Gasteiger partial charge in [0.15, 0.2) is 0 Å². The second-order valence-electron chi connectivity index (χ2n) is 8.36. The molecule has 2 fully saturated rings. The Kier molecular flexibility index (Phi) is 5.09. The number of nitrogens with one attached hydrogen (secondary N) is 1. The van der Waals surface area contributed by atoms with Crippen molar-refractivity contribution < 1.29 is 14.4 Å². The van der Waals surface area contributed by atoms with Crippen LogP contribution in [0.5, 0.6) is 0 Å². The van der Waals surface area contributed by atoms with Gasteiger partial charge in [-0.15, -0.1) is 0 Å². The van der Waals surface area contributed by atoms with E-state index in [-0.39, 0.29) is 29.7 Å². The third-order valence-corrected chi connectivity index (χ3v) is 6.29. The third kappa shape index (κ3) is 3.46. The van der Waals surface area contributed by atoms with Gasteiger partial charge in [-0.25, -0.2) is 0 Å². The van der Waals surface area contributed by atoms with E-state index in [9.17, 15) is 14.4 Å². The number of aromatic nitrogens is 2. The predicted molar refractivity (Wildman–Crippen MR) is 110 cm³/mol. The van der Waals surface area contributed by atoms with Crippen LogP contribution in [0.1, 0.15) is 42.2 Å². The molecular weight excluding hydrogens is 382 g/mol. The van der Waals surface area contributed by atoms with Gasteiger partial charge in [-0.3, -0.25) is 19.1 Å². The van der Waals surface area contributed by atoms with Crippen LogP contribution in [0.2, 0.25) is 0 Å². The first-order chi connectivity index (χ1) is 14.3. The quantitative estimate of drug-likeness (QED) is 0.829. The Hall–Kier alpha value is -3.16. The van der Waals surface area contributed by atoms with Gasteiger partial charge in [0.25, 0.3) is 5.91 Å². The van der Waals surface area contributed by atoms with Crippen molar-refractivity contribution in [1.29, 1.82) is 0 Å². The fraction of sp³-hybridized carbons (Fsp3) is 0.455. The molecular formula is C22H27N5O3. The predicted octanol–water partition coefficient (Wildman–Crippen LogP) is 1.36. The molecule has 2 saturated heterocycles. The Bertz CT molecular complexity index is 972. The molecule has 158 valence electrons. The van der Waals surface area contributed by atoms with Crippen LogP contribution < -0.4 is 5.32 Å². The Balaban J connectivity index is 1.79. The molecule has 8 heteroatoms. The average Bonchev–Trinajstić information content (AvgIpc) is 3.28. The number of fused-ring (bicyclic) bond motifs is 1. The highest BCUT2D eigenvalue weighted by atomic mass is 16.2. The van der Waals surface area contributed by atoms with Crippen LogP contribution in [-0.2, 0) is 16.6 Å². The molecule has 1 aromatic carbocycles. The molecule has 3 heterocycles. The Morgan fingerprint density at radius 3 is 2.47 bits per heavy atom. The number of hydrogen-bond donors (Lipinski definition) is 1. The van der Waals surface area contributed by atoms with Gasteiger partial charge >= 0.3 is 0 Å². The lowest BCUT2D eigenvalue weighted by Crippen LogP contribution is -2.64. The van der Waals surface area contributed by atoms with Gasteiger partial charge in [-0.05, 0) is 12.0 Å². The number of aryl methyl sites for hydroxylation is 1. The highest BCUT2D eigenvalue weighted by molar-refractivity contribution is 5.94. The van der Waals surface area contributed by atoms with Gasteiger partial charge in [0.2, 0.25) is 11.8 Å².